The molecule has 392 valence electrons. The number of phosphoric acid groups is 1. The largest absolute Gasteiger partial charge is 0.472 e. The van der Waals surface area contributed by atoms with Gasteiger partial charge in [0.1, 0.15) is 13.2 Å². The molecule has 0 heterocycles. The van der Waals surface area contributed by atoms with Gasteiger partial charge in [0.15, 0.2) is 0 Å². The van der Waals surface area contributed by atoms with E-state index in [9.17, 15) is 19.4 Å². The van der Waals surface area contributed by atoms with Gasteiger partial charge in [-0.1, -0.05) is 229 Å². The number of nitrogens with one attached hydrogen (secondary N) is 1. The van der Waals surface area contributed by atoms with Crippen LogP contribution in [0.4, 0.5) is 0 Å². The Kier molecular flexibility index (Phi) is 47.9. The molecular formula is C58H110N2O6P+. The molecule has 0 aromatic carbocycles. The fraction of sp³-hybridized carbons (Fsp3) is 0.810. The molecule has 67 heavy (non-hydrogen) atoms. The molecule has 0 aliphatic carbocycles. The average Bonchev–Trinajstić information content (AvgIpc) is 3.29. The van der Waals surface area contributed by atoms with Gasteiger partial charge in [0.2, 0.25) is 5.91 Å². The van der Waals surface area contributed by atoms with Crippen molar-refractivity contribution < 1.29 is 32.9 Å². The summed E-state index contributed by atoms with van der Waals surface area (Å²) >= 11 is 0. The SMILES string of the molecule is CCCCCCC/C=C\C/C=C\CCCCCCCCCCCC(=O)NC(COP(=O)(O)OCC[N+](C)(C)C)C(O)/C=C/CC/C=C/CC/C=C/CCCCCCCCCCCCCCCC. The molecule has 0 saturated carbocycles. The van der Waals surface area contributed by atoms with Crippen LogP contribution in [0.5, 0.6) is 0 Å². The lowest BCUT2D eigenvalue weighted by Crippen LogP contribution is -2.45. The van der Waals surface area contributed by atoms with Gasteiger partial charge in [0.25, 0.3) is 0 Å². The van der Waals surface area contributed by atoms with Gasteiger partial charge in [-0.15, -0.1) is 0 Å². The number of quaternary nitrogens is 1. The zero-order valence-electron chi connectivity index (χ0n) is 44.6. The number of hydrogen-bond acceptors (Lipinski definition) is 5. The smallest absolute Gasteiger partial charge is 0.387 e. The highest BCUT2D eigenvalue weighted by Gasteiger charge is 2.27. The first-order valence-electron chi connectivity index (χ1n) is 28.2. The Bertz CT molecular complexity index is 1270. The molecule has 9 heteroatoms. The quantitative estimate of drug-likeness (QED) is 0.0243. The summed E-state index contributed by atoms with van der Waals surface area (Å²) in [6, 6.07) is -0.875. The topological polar surface area (TPSA) is 105 Å². The first kappa shape index (κ1) is 65.2. The maximum Gasteiger partial charge on any atom is 0.472 e. The molecule has 8 nitrogen and oxygen atoms in total. The lowest BCUT2D eigenvalue weighted by molar-refractivity contribution is -0.870. The van der Waals surface area contributed by atoms with Gasteiger partial charge in [-0.25, -0.2) is 4.57 Å². The van der Waals surface area contributed by atoms with Crippen molar-refractivity contribution >= 4 is 13.7 Å². The second-order valence-corrected chi connectivity index (χ2v) is 21.7. The number of allylic oxidation sites excluding steroid dienone is 9. The van der Waals surface area contributed by atoms with E-state index in [0.29, 0.717) is 17.4 Å². The van der Waals surface area contributed by atoms with Crippen LogP contribution < -0.4 is 5.32 Å². The Morgan fingerprint density at radius 3 is 1.28 bits per heavy atom. The van der Waals surface area contributed by atoms with Crippen LogP contribution in [0.2, 0.25) is 0 Å². The fourth-order valence-electron chi connectivity index (χ4n) is 7.99. The molecule has 0 aliphatic rings. The van der Waals surface area contributed by atoms with Crippen molar-refractivity contribution in [2.45, 2.75) is 264 Å². The van der Waals surface area contributed by atoms with E-state index in [1.54, 1.807) is 6.08 Å². The monoisotopic (exact) mass is 962 g/mol. The number of hydrogen-bond donors (Lipinski definition) is 3. The molecule has 3 atom stereocenters. The summed E-state index contributed by atoms with van der Waals surface area (Å²) in [4.78, 5) is 23.3. The summed E-state index contributed by atoms with van der Waals surface area (Å²) in [5.41, 5.74) is 0. The van der Waals surface area contributed by atoms with Crippen molar-refractivity contribution in [2.24, 2.45) is 0 Å². The van der Waals surface area contributed by atoms with Crippen LogP contribution in [0.3, 0.4) is 0 Å². The molecule has 3 N–H and O–H groups in total. The molecule has 0 rings (SSSR count). The third kappa shape index (κ3) is 51.9. The summed E-state index contributed by atoms with van der Waals surface area (Å²) in [6.07, 6.45) is 66.0. The number of aliphatic hydroxyl groups is 1. The van der Waals surface area contributed by atoms with Crippen LogP contribution in [0.1, 0.15) is 251 Å². The molecule has 0 bridgehead atoms. The highest BCUT2D eigenvalue weighted by atomic mass is 31.2. The van der Waals surface area contributed by atoms with Crippen molar-refractivity contribution in [2.75, 3.05) is 40.9 Å². The van der Waals surface area contributed by atoms with Gasteiger partial charge < -0.3 is 19.8 Å². The van der Waals surface area contributed by atoms with Gasteiger partial charge in [-0.3, -0.25) is 13.8 Å². The highest BCUT2D eigenvalue weighted by molar-refractivity contribution is 7.47. The second-order valence-electron chi connectivity index (χ2n) is 20.3. The summed E-state index contributed by atoms with van der Waals surface area (Å²) in [5, 5.41) is 13.9. The molecule has 0 fully saturated rings. The minimum absolute atomic E-state index is 0.0509. The van der Waals surface area contributed by atoms with Crippen LogP contribution in [0.25, 0.3) is 0 Å². The third-order valence-corrected chi connectivity index (χ3v) is 13.4. The van der Waals surface area contributed by atoms with Crippen LogP contribution in [-0.4, -0.2) is 73.4 Å². The summed E-state index contributed by atoms with van der Waals surface area (Å²) < 4.78 is 23.7. The van der Waals surface area contributed by atoms with Gasteiger partial charge >= 0.3 is 7.82 Å². The van der Waals surface area contributed by atoms with E-state index in [-0.39, 0.29) is 19.1 Å². The number of nitrogens with zero attached hydrogens (tertiary/aromatic N) is 1. The third-order valence-electron chi connectivity index (χ3n) is 12.4. The Morgan fingerprint density at radius 1 is 0.507 bits per heavy atom. The Hall–Kier alpha value is -1.80. The number of carbonyl (C=O) groups excluding carboxylic acids is 1. The normalized spacial score (nSPS) is 14.4. The molecule has 0 aliphatic heterocycles. The van der Waals surface area contributed by atoms with E-state index in [2.05, 4.69) is 67.8 Å². The van der Waals surface area contributed by atoms with E-state index >= 15 is 0 Å². The molecular weight excluding hydrogens is 852 g/mol. The standard InChI is InChI=1S/C58H109N2O6P/c1-6-8-10-12-14-16-18-20-22-24-26-28-29-30-32-33-35-37-39-41-43-45-47-49-51-57(61)56(55-66-67(63,64)65-54-53-60(3,4)5)59-58(62)52-50-48-46-44-42-40-38-36-34-31-27-25-23-21-19-17-15-13-11-9-7-2/h19,21,25,27,33,35,41,43,49,51,56-57,61H,6-18,20,22-24,26,28-32,34,36-40,42,44-48,50,52-55H2,1-5H3,(H-,59,62,63,64)/p+1/b21-19-,27-25-,35-33+,43-41+,51-49+. The van der Waals surface area contributed by atoms with Crippen LogP contribution in [-0.2, 0) is 18.4 Å². The van der Waals surface area contributed by atoms with E-state index in [4.69, 9.17) is 9.05 Å². The molecule has 3 unspecified atom stereocenters. The predicted molar refractivity (Wildman–Crippen MR) is 290 cm³/mol. The van der Waals surface area contributed by atoms with Gasteiger partial charge in [-0.2, -0.15) is 0 Å². The van der Waals surface area contributed by atoms with E-state index in [1.165, 1.54) is 180 Å². The maximum atomic E-state index is 13.0. The van der Waals surface area contributed by atoms with Crippen molar-refractivity contribution in [3.8, 4) is 0 Å². The molecule has 0 aromatic heterocycles. The first-order valence-corrected chi connectivity index (χ1v) is 29.7. The number of carbonyl (C=O) groups is 1. The van der Waals surface area contributed by atoms with Crippen molar-refractivity contribution in [1.82, 2.24) is 5.32 Å². The van der Waals surface area contributed by atoms with Gasteiger partial charge in [0.05, 0.1) is 39.9 Å². The summed E-state index contributed by atoms with van der Waals surface area (Å²) in [7, 11) is 1.54. The molecule has 0 saturated heterocycles. The summed E-state index contributed by atoms with van der Waals surface area (Å²) in [5.74, 6) is -0.195. The zero-order valence-corrected chi connectivity index (χ0v) is 45.5. The Morgan fingerprint density at radius 2 is 0.866 bits per heavy atom. The fourth-order valence-corrected chi connectivity index (χ4v) is 8.72. The van der Waals surface area contributed by atoms with Crippen LogP contribution in [0, 0.1) is 0 Å². The van der Waals surface area contributed by atoms with Crippen LogP contribution >= 0.6 is 7.82 Å². The second kappa shape index (κ2) is 49.2. The number of phosphoric ester groups is 1. The Labute approximate surface area is 415 Å². The van der Waals surface area contributed by atoms with Gasteiger partial charge in [0, 0.05) is 6.42 Å². The Balaban J connectivity index is 4.33. The number of aliphatic hydroxyl groups excluding tert-OH is 1. The lowest BCUT2D eigenvalue weighted by Gasteiger charge is -2.25. The molecule has 1 amide bonds. The molecule has 0 spiro atoms. The van der Waals surface area contributed by atoms with E-state index < -0.39 is 20.0 Å². The molecule has 0 radical (unpaired) electrons. The number of rotatable bonds is 51. The number of amides is 1. The molecule has 0 aromatic rings. The highest BCUT2D eigenvalue weighted by Crippen LogP contribution is 2.43. The van der Waals surface area contributed by atoms with E-state index in [0.717, 1.165) is 51.4 Å². The predicted octanol–water partition coefficient (Wildman–Crippen LogP) is 16.9. The minimum Gasteiger partial charge on any atom is -0.387 e. The van der Waals surface area contributed by atoms with Crippen molar-refractivity contribution in [3.05, 3.63) is 60.8 Å². The average molecular weight is 962 g/mol. The van der Waals surface area contributed by atoms with Gasteiger partial charge in [-0.05, 0) is 77.0 Å². The lowest BCUT2D eigenvalue weighted by atomic mass is 10.0. The van der Waals surface area contributed by atoms with E-state index in [1.807, 2.05) is 27.2 Å². The summed E-state index contributed by atoms with van der Waals surface area (Å²) in [6.45, 7) is 4.79. The maximum absolute atomic E-state index is 13.0. The number of unbranched alkanes of at least 4 members (excludes halogenated alkanes) is 30. The zero-order chi connectivity index (χ0) is 49.2. The minimum atomic E-state index is -4.36. The van der Waals surface area contributed by atoms with Crippen molar-refractivity contribution in [1.29, 1.82) is 0 Å². The number of likely N-dealkylation sites (N-methyl/N-ethyl adjacent to an activating group) is 1. The first-order chi connectivity index (χ1) is 32.5. The van der Waals surface area contributed by atoms with Crippen LogP contribution in [0.15, 0.2) is 60.8 Å². The van der Waals surface area contributed by atoms with Crippen molar-refractivity contribution in [3.63, 3.8) is 0 Å².